The van der Waals surface area contributed by atoms with Crippen molar-refractivity contribution >= 4 is 18.3 Å². The van der Waals surface area contributed by atoms with Gasteiger partial charge in [0.2, 0.25) is 11.8 Å². The van der Waals surface area contributed by atoms with Gasteiger partial charge < -0.3 is 19.9 Å². The predicted octanol–water partition coefficient (Wildman–Crippen LogP) is -0.117. The first kappa shape index (κ1) is 17.0. The summed E-state index contributed by atoms with van der Waals surface area (Å²) in [4.78, 5) is 38.0. The van der Waals surface area contributed by atoms with Crippen molar-refractivity contribution in [2.24, 2.45) is 5.92 Å². The molecule has 23 heavy (non-hydrogen) atoms. The number of nitrogens with zero attached hydrogens (tertiary/aromatic N) is 3. The fraction of sp³-hybridized carbons (Fsp3) is 0.600. The van der Waals surface area contributed by atoms with Gasteiger partial charge in [-0.15, -0.1) is 0 Å². The Kier molecular flexibility index (Phi) is 5.72. The number of rotatable bonds is 4. The molecule has 2 fully saturated rings. The number of hydrogen-bond donors (Lipinski definition) is 2. The van der Waals surface area contributed by atoms with E-state index in [0.717, 1.165) is 12.2 Å². The summed E-state index contributed by atoms with van der Waals surface area (Å²) in [6.45, 7) is 3.87. The second-order valence-corrected chi connectivity index (χ2v) is 5.68. The molecule has 3 heterocycles. The lowest BCUT2D eigenvalue weighted by Crippen LogP contribution is -2.35. The van der Waals surface area contributed by atoms with Crippen LogP contribution >= 0.6 is 0 Å². The van der Waals surface area contributed by atoms with Gasteiger partial charge in [-0.05, 0) is 0 Å². The SMILES string of the molecule is CCc1nccn1CCC(=O)N1C[C@@H]2CC(=O)N[C@@H]2C1.O=CO. The van der Waals surface area contributed by atoms with E-state index in [2.05, 4.69) is 17.2 Å². The Bertz CT molecular complexity index is 556. The molecular weight excluding hydrogens is 300 g/mol. The van der Waals surface area contributed by atoms with E-state index < -0.39 is 0 Å². The van der Waals surface area contributed by atoms with Crippen molar-refractivity contribution in [2.45, 2.75) is 38.8 Å². The standard InChI is InChI=1S/C14H20N4O2.CH2O2/c1-2-12-15-4-6-17(12)5-3-14(20)18-8-10-7-13(19)16-11(10)9-18;2-1-3/h4,6,10-11H,2-3,5,7-9H2,1H3,(H,16,19);1H,(H,2,3)/t10-,11+;/m0./s1. The van der Waals surface area contributed by atoms with Gasteiger partial charge in [0.15, 0.2) is 0 Å². The third-order valence-electron chi connectivity index (χ3n) is 4.27. The Labute approximate surface area is 134 Å². The number of fused-ring (bicyclic) bond motifs is 1. The van der Waals surface area contributed by atoms with Crippen LogP contribution in [0.1, 0.15) is 25.6 Å². The van der Waals surface area contributed by atoms with E-state index in [0.29, 0.717) is 38.4 Å². The van der Waals surface area contributed by atoms with Gasteiger partial charge in [0, 0.05) is 57.2 Å². The van der Waals surface area contributed by atoms with Crippen LogP contribution in [-0.2, 0) is 27.3 Å². The molecule has 0 aliphatic carbocycles. The fourth-order valence-electron chi connectivity index (χ4n) is 3.18. The van der Waals surface area contributed by atoms with E-state index in [1.807, 2.05) is 15.7 Å². The monoisotopic (exact) mass is 322 g/mol. The van der Waals surface area contributed by atoms with Crippen molar-refractivity contribution in [1.82, 2.24) is 19.8 Å². The highest BCUT2D eigenvalue weighted by atomic mass is 16.3. The summed E-state index contributed by atoms with van der Waals surface area (Å²) in [6, 6.07) is 0.172. The van der Waals surface area contributed by atoms with Crippen molar-refractivity contribution in [1.29, 1.82) is 0 Å². The van der Waals surface area contributed by atoms with Gasteiger partial charge in [-0.1, -0.05) is 6.92 Å². The fourth-order valence-corrected chi connectivity index (χ4v) is 3.18. The van der Waals surface area contributed by atoms with Gasteiger partial charge in [0.25, 0.3) is 6.47 Å². The molecule has 0 radical (unpaired) electrons. The molecule has 8 nitrogen and oxygen atoms in total. The van der Waals surface area contributed by atoms with Crippen LogP contribution in [0.25, 0.3) is 0 Å². The van der Waals surface area contributed by atoms with Gasteiger partial charge in [0.1, 0.15) is 5.82 Å². The summed E-state index contributed by atoms with van der Waals surface area (Å²) in [5, 5.41) is 9.83. The molecule has 0 bridgehead atoms. The number of aryl methyl sites for hydroxylation is 2. The van der Waals surface area contributed by atoms with Crippen LogP contribution in [0.3, 0.4) is 0 Å². The molecule has 2 aliphatic heterocycles. The molecular formula is C15H22N4O4. The van der Waals surface area contributed by atoms with Crippen LogP contribution in [0, 0.1) is 5.92 Å². The van der Waals surface area contributed by atoms with E-state index in [1.54, 1.807) is 6.20 Å². The number of hydrogen-bond acceptors (Lipinski definition) is 4. The molecule has 2 amide bonds. The van der Waals surface area contributed by atoms with Gasteiger partial charge in [-0.3, -0.25) is 14.4 Å². The van der Waals surface area contributed by atoms with E-state index in [-0.39, 0.29) is 24.3 Å². The zero-order valence-electron chi connectivity index (χ0n) is 13.1. The van der Waals surface area contributed by atoms with E-state index in [9.17, 15) is 9.59 Å². The van der Waals surface area contributed by atoms with Gasteiger partial charge in [-0.2, -0.15) is 0 Å². The number of imidazole rings is 1. The minimum atomic E-state index is -0.250. The largest absolute Gasteiger partial charge is 0.483 e. The normalized spacial score (nSPS) is 22.1. The zero-order valence-corrected chi connectivity index (χ0v) is 13.1. The minimum Gasteiger partial charge on any atom is -0.483 e. The van der Waals surface area contributed by atoms with Crippen molar-refractivity contribution in [3.8, 4) is 0 Å². The van der Waals surface area contributed by atoms with E-state index in [4.69, 9.17) is 9.90 Å². The highest BCUT2D eigenvalue weighted by molar-refractivity contribution is 5.81. The van der Waals surface area contributed by atoms with Crippen molar-refractivity contribution < 1.29 is 19.5 Å². The molecule has 2 aliphatic rings. The molecule has 0 saturated carbocycles. The van der Waals surface area contributed by atoms with Crippen LogP contribution < -0.4 is 5.32 Å². The van der Waals surface area contributed by atoms with Crippen LogP contribution in [0.5, 0.6) is 0 Å². The maximum atomic E-state index is 12.2. The average Bonchev–Trinajstić information content (AvgIpc) is 3.19. The lowest BCUT2D eigenvalue weighted by Gasteiger charge is -2.17. The van der Waals surface area contributed by atoms with Crippen molar-refractivity contribution in [3.05, 3.63) is 18.2 Å². The van der Waals surface area contributed by atoms with Gasteiger partial charge in [0.05, 0.1) is 6.04 Å². The molecule has 126 valence electrons. The van der Waals surface area contributed by atoms with E-state index >= 15 is 0 Å². The molecule has 2 saturated heterocycles. The van der Waals surface area contributed by atoms with E-state index in [1.165, 1.54) is 0 Å². The summed E-state index contributed by atoms with van der Waals surface area (Å²) in [7, 11) is 0. The van der Waals surface area contributed by atoms with Crippen LogP contribution in [0.15, 0.2) is 12.4 Å². The summed E-state index contributed by atoms with van der Waals surface area (Å²) < 4.78 is 2.04. The Morgan fingerprint density at radius 3 is 2.91 bits per heavy atom. The second-order valence-electron chi connectivity index (χ2n) is 5.68. The number of likely N-dealkylation sites (tertiary alicyclic amines) is 1. The molecule has 0 unspecified atom stereocenters. The summed E-state index contributed by atoms with van der Waals surface area (Å²) in [5.74, 6) is 1.62. The number of carbonyl (C=O) groups excluding carboxylic acids is 2. The minimum absolute atomic E-state index is 0.123. The van der Waals surface area contributed by atoms with Gasteiger partial charge in [-0.25, -0.2) is 4.98 Å². The Morgan fingerprint density at radius 1 is 1.52 bits per heavy atom. The second kappa shape index (κ2) is 7.75. The first-order chi connectivity index (χ1) is 11.1. The lowest BCUT2D eigenvalue weighted by atomic mass is 10.1. The maximum Gasteiger partial charge on any atom is 0.290 e. The molecule has 3 rings (SSSR count). The smallest absolute Gasteiger partial charge is 0.290 e. The number of carboxylic acid groups (broad SMARTS) is 1. The lowest BCUT2D eigenvalue weighted by molar-refractivity contribution is -0.131. The quantitative estimate of drug-likeness (QED) is 0.752. The van der Waals surface area contributed by atoms with Crippen molar-refractivity contribution in [2.75, 3.05) is 13.1 Å². The number of nitrogens with one attached hydrogen (secondary N) is 1. The van der Waals surface area contributed by atoms with Crippen LogP contribution in [0.2, 0.25) is 0 Å². The Hall–Kier alpha value is -2.38. The Morgan fingerprint density at radius 2 is 2.26 bits per heavy atom. The topological polar surface area (TPSA) is 105 Å². The third kappa shape index (κ3) is 4.08. The average molecular weight is 322 g/mol. The first-order valence-corrected chi connectivity index (χ1v) is 7.74. The molecule has 2 N–H and O–H groups in total. The van der Waals surface area contributed by atoms with Crippen LogP contribution in [-0.4, -0.2) is 57.0 Å². The summed E-state index contributed by atoms with van der Waals surface area (Å²) >= 11 is 0. The summed E-state index contributed by atoms with van der Waals surface area (Å²) in [6.07, 6.45) is 5.64. The highest BCUT2D eigenvalue weighted by Crippen LogP contribution is 2.25. The number of aromatic nitrogens is 2. The number of amides is 2. The molecule has 1 aromatic heterocycles. The molecule has 0 aromatic carbocycles. The molecule has 8 heteroatoms. The molecule has 0 spiro atoms. The van der Waals surface area contributed by atoms with Crippen molar-refractivity contribution in [3.63, 3.8) is 0 Å². The summed E-state index contributed by atoms with van der Waals surface area (Å²) in [5.41, 5.74) is 0. The molecule has 2 atom stereocenters. The van der Waals surface area contributed by atoms with Crippen LogP contribution in [0.4, 0.5) is 0 Å². The first-order valence-electron chi connectivity index (χ1n) is 7.74. The van der Waals surface area contributed by atoms with Gasteiger partial charge >= 0.3 is 0 Å². The molecule has 1 aromatic rings. The highest BCUT2D eigenvalue weighted by Gasteiger charge is 2.41. The maximum absolute atomic E-state index is 12.2. The Balaban J connectivity index is 0.000000595. The third-order valence-corrected chi connectivity index (χ3v) is 4.27. The zero-order chi connectivity index (χ0) is 16.8. The predicted molar refractivity (Wildman–Crippen MR) is 81.5 cm³/mol. The number of carbonyl (C=O) groups is 3.